The van der Waals surface area contributed by atoms with E-state index in [1.807, 2.05) is 38.1 Å². The van der Waals surface area contributed by atoms with E-state index in [-0.39, 0.29) is 11.8 Å². The van der Waals surface area contributed by atoms with Gasteiger partial charge in [0.2, 0.25) is 5.91 Å². The zero-order chi connectivity index (χ0) is 21.0. The highest BCUT2D eigenvalue weighted by molar-refractivity contribution is 6.02. The Labute approximate surface area is 171 Å². The van der Waals surface area contributed by atoms with E-state index >= 15 is 0 Å². The minimum atomic E-state index is -0.648. The first-order valence-electron chi connectivity index (χ1n) is 9.63. The lowest BCUT2D eigenvalue weighted by Crippen LogP contribution is -2.52. The van der Waals surface area contributed by atoms with Crippen LogP contribution in [0.4, 0.5) is 16.2 Å². The number of carbonyl (C=O) groups excluding carboxylic acids is 2. The van der Waals surface area contributed by atoms with Gasteiger partial charge < -0.3 is 25.0 Å². The maximum atomic E-state index is 13.2. The summed E-state index contributed by atoms with van der Waals surface area (Å²) in [7, 11) is 3.08. The first-order chi connectivity index (χ1) is 13.9. The summed E-state index contributed by atoms with van der Waals surface area (Å²) in [5.74, 6) is 0.914. The molecule has 154 valence electrons. The lowest BCUT2D eigenvalue weighted by molar-refractivity contribution is -0.121. The van der Waals surface area contributed by atoms with Gasteiger partial charge in [-0.25, -0.2) is 4.79 Å². The Hall–Kier alpha value is -3.22. The van der Waals surface area contributed by atoms with Crippen molar-refractivity contribution in [2.24, 2.45) is 5.92 Å². The highest BCUT2D eigenvalue weighted by atomic mass is 16.5. The molecule has 0 saturated heterocycles. The number of para-hydroxylation sites is 1. The van der Waals surface area contributed by atoms with Gasteiger partial charge in [0.25, 0.3) is 0 Å². The third kappa shape index (κ3) is 4.45. The number of anilines is 2. The Morgan fingerprint density at radius 1 is 1.07 bits per heavy atom. The summed E-state index contributed by atoms with van der Waals surface area (Å²) >= 11 is 0. The lowest BCUT2D eigenvalue weighted by atomic mass is 10.0. The van der Waals surface area contributed by atoms with E-state index < -0.39 is 12.1 Å². The number of amides is 3. The number of nitrogens with one attached hydrogen (secondary N) is 2. The summed E-state index contributed by atoms with van der Waals surface area (Å²) in [6, 6.07) is 11.9. The lowest BCUT2D eigenvalue weighted by Gasteiger charge is -2.27. The van der Waals surface area contributed by atoms with Crippen LogP contribution in [0.2, 0.25) is 0 Å². The number of nitrogens with zero attached hydrogens (tertiary/aromatic N) is 1. The van der Waals surface area contributed by atoms with Crippen LogP contribution in [-0.4, -0.2) is 38.7 Å². The van der Waals surface area contributed by atoms with Gasteiger partial charge in [0.15, 0.2) is 0 Å². The first-order valence-corrected chi connectivity index (χ1v) is 9.63. The van der Waals surface area contributed by atoms with Gasteiger partial charge in [-0.3, -0.25) is 4.79 Å². The molecule has 0 fully saturated rings. The summed E-state index contributed by atoms with van der Waals surface area (Å²) < 4.78 is 10.5. The van der Waals surface area contributed by atoms with Gasteiger partial charge >= 0.3 is 6.03 Å². The molecule has 1 heterocycles. The summed E-state index contributed by atoms with van der Waals surface area (Å²) in [5, 5.41) is 5.59. The van der Waals surface area contributed by atoms with Crippen molar-refractivity contribution in [1.82, 2.24) is 5.32 Å². The largest absolute Gasteiger partial charge is 0.497 e. The SMILES string of the molecule is COc1ccc(NC(=O)NC(C(=O)N2CCc3ccccc32)C(C)C)c(OC)c1. The number of benzene rings is 2. The summed E-state index contributed by atoms with van der Waals surface area (Å²) in [4.78, 5) is 27.6. The molecule has 0 spiro atoms. The summed E-state index contributed by atoms with van der Waals surface area (Å²) in [6.45, 7) is 4.45. The topological polar surface area (TPSA) is 79.9 Å². The molecule has 29 heavy (non-hydrogen) atoms. The Morgan fingerprint density at radius 3 is 2.52 bits per heavy atom. The van der Waals surface area contributed by atoms with Gasteiger partial charge in [-0.1, -0.05) is 32.0 Å². The van der Waals surface area contributed by atoms with Crippen molar-refractivity contribution in [3.63, 3.8) is 0 Å². The van der Waals surface area contributed by atoms with Crippen molar-refractivity contribution >= 4 is 23.3 Å². The second-order valence-electron chi connectivity index (χ2n) is 7.25. The molecule has 1 aliphatic heterocycles. The Balaban J connectivity index is 1.73. The molecule has 2 aromatic carbocycles. The second-order valence-corrected chi connectivity index (χ2v) is 7.25. The predicted molar refractivity (Wildman–Crippen MR) is 113 cm³/mol. The van der Waals surface area contributed by atoms with Crippen LogP contribution in [0.25, 0.3) is 0 Å². The molecule has 1 atom stereocenters. The number of hydrogen-bond acceptors (Lipinski definition) is 4. The van der Waals surface area contributed by atoms with E-state index in [2.05, 4.69) is 10.6 Å². The first kappa shape index (κ1) is 20.5. The van der Waals surface area contributed by atoms with Crippen molar-refractivity contribution in [3.8, 4) is 11.5 Å². The minimum Gasteiger partial charge on any atom is -0.497 e. The van der Waals surface area contributed by atoms with Crippen LogP contribution in [-0.2, 0) is 11.2 Å². The maximum absolute atomic E-state index is 13.2. The van der Waals surface area contributed by atoms with Gasteiger partial charge in [0.05, 0.1) is 19.9 Å². The fourth-order valence-electron chi connectivity index (χ4n) is 3.45. The molecule has 0 bridgehead atoms. The van der Waals surface area contributed by atoms with Gasteiger partial charge in [0.1, 0.15) is 17.5 Å². The second kappa shape index (κ2) is 8.86. The number of urea groups is 1. The van der Waals surface area contributed by atoms with Crippen LogP contribution in [0.3, 0.4) is 0 Å². The minimum absolute atomic E-state index is 0.0706. The van der Waals surface area contributed by atoms with Crippen molar-refractivity contribution < 1.29 is 19.1 Å². The van der Waals surface area contributed by atoms with E-state index in [0.717, 1.165) is 17.7 Å². The average molecular weight is 397 g/mol. The highest BCUT2D eigenvalue weighted by Gasteiger charge is 2.32. The zero-order valence-electron chi connectivity index (χ0n) is 17.2. The summed E-state index contributed by atoms with van der Waals surface area (Å²) in [6.07, 6.45) is 0.821. The molecule has 7 nitrogen and oxygen atoms in total. The molecule has 2 aromatic rings. The Bertz CT molecular complexity index is 897. The van der Waals surface area contributed by atoms with Gasteiger partial charge in [-0.15, -0.1) is 0 Å². The standard InChI is InChI=1S/C22H27N3O4/c1-14(2)20(21(26)25-12-11-15-7-5-6-8-18(15)25)24-22(27)23-17-10-9-16(28-3)13-19(17)29-4/h5-10,13-14,20H,11-12H2,1-4H3,(H2,23,24,27). The van der Waals surface area contributed by atoms with Gasteiger partial charge in [0, 0.05) is 18.3 Å². The molecule has 3 rings (SSSR count). The monoisotopic (exact) mass is 397 g/mol. The number of ether oxygens (including phenoxy) is 2. The number of fused-ring (bicyclic) bond motifs is 1. The molecule has 0 radical (unpaired) electrons. The molecule has 0 saturated carbocycles. The van der Waals surface area contributed by atoms with Crippen molar-refractivity contribution in [2.45, 2.75) is 26.3 Å². The van der Waals surface area contributed by atoms with Crippen molar-refractivity contribution in [3.05, 3.63) is 48.0 Å². The molecule has 0 aromatic heterocycles. The van der Waals surface area contributed by atoms with E-state index in [1.165, 1.54) is 7.11 Å². The van der Waals surface area contributed by atoms with E-state index in [4.69, 9.17) is 9.47 Å². The number of hydrogen-bond donors (Lipinski definition) is 2. The van der Waals surface area contributed by atoms with Crippen molar-refractivity contribution in [2.75, 3.05) is 31.0 Å². The molecule has 3 amide bonds. The maximum Gasteiger partial charge on any atom is 0.320 e. The predicted octanol–water partition coefficient (Wildman–Crippen LogP) is 3.44. The van der Waals surface area contributed by atoms with E-state index in [1.54, 1.807) is 30.2 Å². The Kier molecular flexibility index (Phi) is 6.26. The third-order valence-corrected chi connectivity index (χ3v) is 5.03. The quantitative estimate of drug-likeness (QED) is 0.783. The fourth-order valence-corrected chi connectivity index (χ4v) is 3.45. The van der Waals surface area contributed by atoms with E-state index in [9.17, 15) is 9.59 Å². The van der Waals surface area contributed by atoms with Crippen LogP contribution in [0.5, 0.6) is 11.5 Å². The molecular weight excluding hydrogens is 370 g/mol. The molecule has 7 heteroatoms. The fraction of sp³-hybridized carbons (Fsp3) is 0.364. The van der Waals surface area contributed by atoms with Crippen LogP contribution < -0.4 is 25.0 Å². The van der Waals surface area contributed by atoms with Gasteiger partial charge in [-0.2, -0.15) is 0 Å². The zero-order valence-corrected chi connectivity index (χ0v) is 17.2. The molecule has 1 aliphatic rings. The number of methoxy groups -OCH3 is 2. The van der Waals surface area contributed by atoms with Crippen molar-refractivity contribution in [1.29, 1.82) is 0 Å². The molecule has 2 N–H and O–H groups in total. The molecular formula is C22H27N3O4. The Morgan fingerprint density at radius 2 is 1.83 bits per heavy atom. The van der Waals surface area contributed by atoms with Crippen LogP contribution >= 0.6 is 0 Å². The van der Waals surface area contributed by atoms with Crippen LogP contribution in [0.1, 0.15) is 19.4 Å². The van der Waals surface area contributed by atoms with E-state index in [0.29, 0.717) is 23.7 Å². The summed E-state index contributed by atoms with van der Waals surface area (Å²) in [5.41, 5.74) is 2.56. The smallest absolute Gasteiger partial charge is 0.320 e. The van der Waals surface area contributed by atoms with Crippen LogP contribution in [0.15, 0.2) is 42.5 Å². The molecule has 1 unspecified atom stereocenters. The van der Waals surface area contributed by atoms with Crippen LogP contribution in [0, 0.1) is 5.92 Å². The normalized spacial score (nSPS) is 13.6. The number of rotatable bonds is 6. The van der Waals surface area contributed by atoms with Gasteiger partial charge in [-0.05, 0) is 36.1 Å². The third-order valence-electron chi connectivity index (χ3n) is 5.03. The highest BCUT2D eigenvalue weighted by Crippen LogP contribution is 2.30. The molecule has 0 aliphatic carbocycles. The number of carbonyl (C=O) groups is 2. The average Bonchev–Trinajstić information content (AvgIpc) is 3.15.